The molecule has 6 heteroatoms. The van der Waals surface area contributed by atoms with Crippen LogP contribution >= 0.6 is 0 Å². The van der Waals surface area contributed by atoms with Crippen molar-refractivity contribution in [3.8, 4) is 0 Å². The van der Waals surface area contributed by atoms with Gasteiger partial charge < -0.3 is 5.32 Å². The first kappa shape index (κ1) is 21.3. The highest BCUT2D eigenvalue weighted by atomic mass is 32.2. The molecule has 0 spiro atoms. The third-order valence-electron chi connectivity index (χ3n) is 6.15. The topological polar surface area (TPSA) is 66.5 Å². The van der Waals surface area contributed by atoms with Crippen LogP contribution in [0.25, 0.3) is 0 Å². The van der Waals surface area contributed by atoms with E-state index in [0.29, 0.717) is 36.9 Å². The Kier molecular flexibility index (Phi) is 7.52. The fraction of sp³-hybridized carbons (Fsp3) is 0.682. The van der Waals surface area contributed by atoms with Crippen LogP contribution in [-0.4, -0.2) is 37.8 Å². The number of rotatable bonds is 6. The van der Waals surface area contributed by atoms with Gasteiger partial charge in [-0.1, -0.05) is 31.9 Å². The summed E-state index contributed by atoms with van der Waals surface area (Å²) in [5.74, 6) is 0.873. The molecule has 3 rings (SSSR count). The number of nitrogens with zero attached hydrogens (tertiary/aromatic N) is 1. The third kappa shape index (κ3) is 5.80. The molecule has 2 fully saturated rings. The number of nitrogens with one attached hydrogen (secondary N) is 1. The van der Waals surface area contributed by atoms with Crippen LogP contribution < -0.4 is 5.32 Å². The summed E-state index contributed by atoms with van der Waals surface area (Å²) < 4.78 is 27.3. The molecule has 1 saturated carbocycles. The summed E-state index contributed by atoms with van der Waals surface area (Å²) in [6.45, 7) is 3.50. The molecule has 5 nitrogen and oxygen atoms in total. The standard InChI is InChI=1S/C22H34N2O3S/c1-18-6-11-20(12-7-18)23-22(25)15-10-19-8-13-21(14-9-19)28(26,27)24-16-4-2-3-5-17-24/h8-9,13-14,18,20H,2-7,10-12,15-17H2,1H3,(H,23,25). The Morgan fingerprint density at radius 1 is 1.00 bits per heavy atom. The molecular weight excluding hydrogens is 372 g/mol. The summed E-state index contributed by atoms with van der Waals surface area (Å²) in [6.07, 6.45) is 9.71. The number of amides is 1. The molecule has 0 unspecified atom stereocenters. The van der Waals surface area contributed by atoms with Crippen molar-refractivity contribution in [1.29, 1.82) is 0 Å². The molecule has 0 bridgehead atoms. The monoisotopic (exact) mass is 406 g/mol. The average molecular weight is 407 g/mol. The van der Waals surface area contributed by atoms with Crippen molar-refractivity contribution >= 4 is 15.9 Å². The van der Waals surface area contributed by atoms with Crippen molar-refractivity contribution in [2.45, 2.75) is 82.1 Å². The highest BCUT2D eigenvalue weighted by Crippen LogP contribution is 2.24. The summed E-state index contributed by atoms with van der Waals surface area (Å²) >= 11 is 0. The van der Waals surface area contributed by atoms with Gasteiger partial charge in [0.1, 0.15) is 0 Å². The van der Waals surface area contributed by atoms with E-state index in [1.807, 2.05) is 12.1 Å². The van der Waals surface area contributed by atoms with E-state index in [9.17, 15) is 13.2 Å². The Morgan fingerprint density at radius 2 is 1.61 bits per heavy atom. The zero-order valence-corrected chi connectivity index (χ0v) is 17.8. The van der Waals surface area contributed by atoms with Crippen molar-refractivity contribution in [2.24, 2.45) is 5.92 Å². The van der Waals surface area contributed by atoms with Crippen molar-refractivity contribution in [3.63, 3.8) is 0 Å². The number of benzene rings is 1. The van der Waals surface area contributed by atoms with E-state index in [1.165, 1.54) is 12.8 Å². The zero-order valence-electron chi connectivity index (χ0n) is 17.0. The minimum atomic E-state index is -3.40. The molecule has 1 heterocycles. The summed E-state index contributed by atoms with van der Waals surface area (Å²) in [5.41, 5.74) is 1.00. The minimum Gasteiger partial charge on any atom is -0.353 e. The second-order valence-electron chi connectivity index (χ2n) is 8.49. The number of aryl methyl sites for hydroxylation is 1. The predicted octanol–water partition coefficient (Wildman–Crippen LogP) is 3.88. The zero-order chi connectivity index (χ0) is 20.0. The molecule has 1 aromatic rings. The highest BCUT2D eigenvalue weighted by Gasteiger charge is 2.25. The number of carbonyl (C=O) groups excluding carboxylic acids is 1. The molecule has 1 aromatic carbocycles. The molecule has 2 aliphatic rings. The highest BCUT2D eigenvalue weighted by molar-refractivity contribution is 7.89. The third-order valence-corrected chi connectivity index (χ3v) is 8.06. The van der Waals surface area contributed by atoms with Crippen molar-refractivity contribution in [2.75, 3.05) is 13.1 Å². The van der Waals surface area contributed by atoms with E-state index in [4.69, 9.17) is 0 Å². The summed E-state index contributed by atoms with van der Waals surface area (Å²) in [4.78, 5) is 12.6. The molecule has 1 saturated heterocycles. The Labute approximate surface area is 169 Å². The smallest absolute Gasteiger partial charge is 0.243 e. The van der Waals surface area contributed by atoms with Crippen LogP contribution in [0.1, 0.15) is 70.3 Å². The second-order valence-corrected chi connectivity index (χ2v) is 10.4. The minimum absolute atomic E-state index is 0.0980. The van der Waals surface area contributed by atoms with Gasteiger partial charge in [0.2, 0.25) is 15.9 Å². The van der Waals surface area contributed by atoms with E-state index < -0.39 is 10.0 Å². The molecule has 1 aliphatic carbocycles. The maximum atomic E-state index is 12.8. The van der Waals surface area contributed by atoms with Crippen LogP contribution in [0.3, 0.4) is 0 Å². The molecule has 28 heavy (non-hydrogen) atoms. The largest absolute Gasteiger partial charge is 0.353 e. The molecule has 1 N–H and O–H groups in total. The van der Waals surface area contributed by atoms with E-state index in [-0.39, 0.29) is 5.91 Å². The molecule has 1 aliphatic heterocycles. The van der Waals surface area contributed by atoms with Crippen LogP contribution in [0.2, 0.25) is 0 Å². The van der Waals surface area contributed by atoms with E-state index in [1.54, 1.807) is 16.4 Å². The maximum absolute atomic E-state index is 12.8. The van der Waals surface area contributed by atoms with Gasteiger partial charge in [-0.2, -0.15) is 4.31 Å². The second kappa shape index (κ2) is 9.88. The van der Waals surface area contributed by atoms with Gasteiger partial charge in [-0.3, -0.25) is 4.79 Å². The van der Waals surface area contributed by atoms with Gasteiger partial charge in [0.15, 0.2) is 0 Å². The lowest BCUT2D eigenvalue weighted by Crippen LogP contribution is -2.37. The molecule has 0 aromatic heterocycles. The number of hydrogen-bond acceptors (Lipinski definition) is 3. The van der Waals surface area contributed by atoms with Crippen molar-refractivity contribution < 1.29 is 13.2 Å². The van der Waals surface area contributed by atoms with Gasteiger partial charge >= 0.3 is 0 Å². The summed E-state index contributed by atoms with van der Waals surface area (Å²) in [6, 6.07) is 7.40. The Balaban J connectivity index is 1.50. The van der Waals surface area contributed by atoms with Gasteiger partial charge in [0, 0.05) is 25.6 Å². The van der Waals surface area contributed by atoms with Crippen molar-refractivity contribution in [1.82, 2.24) is 9.62 Å². The maximum Gasteiger partial charge on any atom is 0.243 e. The lowest BCUT2D eigenvalue weighted by Gasteiger charge is -2.26. The predicted molar refractivity (Wildman–Crippen MR) is 112 cm³/mol. The lowest BCUT2D eigenvalue weighted by atomic mass is 9.87. The first-order valence-electron chi connectivity index (χ1n) is 10.8. The van der Waals surface area contributed by atoms with Crippen LogP contribution in [0.4, 0.5) is 0 Å². The quantitative estimate of drug-likeness (QED) is 0.780. The van der Waals surface area contributed by atoms with E-state index in [0.717, 1.165) is 50.0 Å². The van der Waals surface area contributed by atoms with Crippen LogP contribution in [0, 0.1) is 5.92 Å². The first-order chi connectivity index (χ1) is 13.4. The molecule has 0 atom stereocenters. The van der Waals surface area contributed by atoms with Gasteiger partial charge in [0.25, 0.3) is 0 Å². The average Bonchev–Trinajstić information content (AvgIpc) is 2.99. The number of carbonyl (C=O) groups is 1. The fourth-order valence-electron chi connectivity index (χ4n) is 4.22. The number of sulfonamides is 1. The van der Waals surface area contributed by atoms with Gasteiger partial charge in [-0.05, 0) is 68.6 Å². The van der Waals surface area contributed by atoms with E-state index >= 15 is 0 Å². The van der Waals surface area contributed by atoms with Crippen LogP contribution in [0.15, 0.2) is 29.2 Å². The van der Waals surface area contributed by atoms with Crippen LogP contribution in [-0.2, 0) is 21.2 Å². The normalized spacial score (nSPS) is 24.5. The number of hydrogen-bond donors (Lipinski definition) is 1. The molecule has 1 amide bonds. The van der Waals surface area contributed by atoms with E-state index in [2.05, 4.69) is 12.2 Å². The summed E-state index contributed by atoms with van der Waals surface area (Å²) in [7, 11) is -3.40. The molecule has 0 radical (unpaired) electrons. The van der Waals surface area contributed by atoms with Gasteiger partial charge in [-0.15, -0.1) is 0 Å². The molecular formula is C22H34N2O3S. The first-order valence-corrected chi connectivity index (χ1v) is 12.3. The SMILES string of the molecule is CC1CCC(NC(=O)CCc2ccc(S(=O)(=O)N3CCCCCC3)cc2)CC1. The van der Waals surface area contributed by atoms with Crippen LogP contribution in [0.5, 0.6) is 0 Å². The Bertz CT molecular complexity index is 730. The van der Waals surface area contributed by atoms with Crippen molar-refractivity contribution in [3.05, 3.63) is 29.8 Å². The van der Waals surface area contributed by atoms with Gasteiger partial charge in [0.05, 0.1) is 4.90 Å². The lowest BCUT2D eigenvalue weighted by molar-refractivity contribution is -0.122. The van der Waals surface area contributed by atoms with Gasteiger partial charge in [-0.25, -0.2) is 8.42 Å². The molecule has 156 valence electrons. The Hall–Kier alpha value is -1.40. The Morgan fingerprint density at radius 3 is 2.21 bits per heavy atom. The fourth-order valence-corrected chi connectivity index (χ4v) is 5.74. The summed E-state index contributed by atoms with van der Waals surface area (Å²) in [5, 5.41) is 3.15.